The molecule has 2 atom stereocenters. The standard InChI is InChI=1S/C11H20N2O.ClH/c1-2-10-8-11(7-9(1)12-10)13-3-5-14-6-4-13;/h9-12H,1-8H2;1H. The van der Waals surface area contributed by atoms with Gasteiger partial charge in [0, 0.05) is 31.2 Å². The van der Waals surface area contributed by atoms with Crippen LogP contribution in [0.4, 0.5) is 0 Å². The summed E-state index contributed by atoms with van der Waals surface area (Å²) in [7, 11) is 0. The lowest BCUT2D eigenvalue weighted by atomic mass is 9.98. The first kappa shape index (κ1) is 11.6. The lowest BCUT2D eigenvalue weighted by Crippen LogP contribution is -2.51. The smallest absolute Gasteiger partial charge is 0.0594 e. The number of nitrogens with zero attached hydrogens (tertiary/aromatic N) is 1. The lowest BCUT2D eigenvalue weighted by molar-refractivity contribution is 0.00568. The van der Waals surface area contributed by atoms with Gasteiger partial charge in [0.1, 0.15) is 0 Å². The van der Waals surface area contributed by atoms with Gasteiger partial charge in [-0.25, -0.2) is 0 Å². The summed E-state index contributed by atoms with van der Waals surface area (Å²) in [5, 5.41) is 3.70. The third-order valence-corrected chi connectivity index (χ3v) is 4.01. The zero-order chi connectivity index (χ0) is 9.38. The van der Waals surface area contributed by atoms with Crippen molar-refractivity contribution in [2.24, 2.45) is 0 Å². The first-order valence-corrected chi connectivity index (χ1v) is 5.99. The van der Waals surface area contributed by atoms with Gasteiger partial charge in [-0.3, -0.25) is 4.90 Å². The maximum atomic E-state index is 5.40. The van der Waals surface area contributed by atoms with E-state index in [2.05, 4.69) is 10.2 Å². The fraction of sp³-hybridized carbons (Fsp3) is 1.00. The molecule has 3 heterocycles. The van der Waals surface area contributed by atoms with Crippen LogP contribution in [0.5, 0.6) is 0 Å². The second-order valence-corrected chi connectivity index (χ2v) is 4.91. The summed E-state index contributed by atoms with van der Waals surface area (Å²) in [6.45, 7) is 4.20. The summed E-state index contributed by atoms with van der Waals surface area (Å²) in [4.78, 5) is 2.65. The van der Waals surface area contributed by atoms with Crippen LogP contribution in [0.3, 0.4) is 0 Å². The molecule has 0 aliphatic carbocycles. The van der Waals surface area contributed by atoms with E-state index in [0.717, 1.165) is 44.4 Å². The fourth-order valence-corrected chi connectivity index (χ4v) is 3.27. The van der Waals surface area contributed by atoms with E-state index in [4.69, 9.17) is 4.74 Å². The normalized spacial score (nSPS) is 41.2. The van der Waals surface area contributed by atoms with Crippen molar-refractivity contribution in [3.63, 3.8) is 0 Å². The zero-order valence-electron chi connectivity index (χ0n) is 9.15. The number of nitrogens with one attached hydrogen (secondary N) is 1. The summed E-state index contributed by atoms with van der Waals surface area (Å²) in [6, 6.07) is 2.49. The molecule has 0 aromatic carbocycles. The Labute approximate surface area is 97.9 Å². The van der Waals surface area contributed by atoms with Crippen LogP contribution in [0.25, 0.3) is 0 Å². The largest absolute Gasteiger partial charge is 0.379 e. The second kappa shape index (κ2) is 5.00. The highest BCUT2D eigenvalue weighted by Crippen LogP contribution is 2.29. The van der Waals surface area contributed by atoms with Gasteiger partial charge in [0.05, 0.1) is 13.2 Å². The van der Waals surface area contributed by atoms with Gasteiger partial charge in [-0.2, -0.15) is 0 Å². The summed E-state index contributed by atoms with van der Waals surface area (Å²) >= 11 is 0. The van der Waals surface area contributed by atoms with Crippen LogP contribution in [0.15, 0.2) is 0 Å². The molecule has 0 amide bonds. The molecule has 0 aromatic rings. The molecule has 3 fully saturated rings. The van der Waals surface area contributed by atoms with Crippen molar-refractivity contribution in [3.05, 3.63) is 0 Å². The van der Waals surface area contributed by atoms with Crippen LogP contribution >= 0.6 is 12.4 Å². The quantitative estimate of drug-likeness (QED) is 0.731. The van der Waals surface area contributed by atoms with Gasteiger partial charge in [-0.1, -0.05) is 0 Å². The summed E-state index contributed by atoms with van der Waals surface area (Å²) < 4.78 is 5.40. The van der Waals surface area contributed by atoms with Crippen molar-refractivity contribution in [1.29, 1.82) is 0 Å². The number of ether oxygens (including phenoxy) is 1. The number of rotatable bonds is 1. The molecule has 2 bridgehead atoms. The first-order valence-electron chi connectivity index (χ1n) is 5.99. The van der Waals surface area contributed by atoms with Crippen LogP contribution in [0, 0.1) is 0 Å². The highest BCUT2D eigenvalue weighted by molar-refractivity contribution is 5.85. The molecule has 1 N–H and O–H groups in total. The Kier molecular flexibility index (Phi) is 3.88. The fourth-order valence-electron chi connectivity index (χ4n) is 3.27. The SMILES string of the molecule is C1CN(C2CC3CCC(C2)N3)CCO1.Cl. The molecule has 3 aliphatic heterocycles. The Hall–Kier alpha value is 0.170. The summed E-state index contributed by atoms with van der Waals surface area (Å²) in [5.74, 6) is 0. The molecular formula is C11H21ClN2O. The van der Waals surface area contributed by atoms with Crippen molar-refractivity contribution in [1.82, 2.24) is 10.2 Å². The van der Waals surface area contributed by atoms with Crippen molar-refractivity contribution in [3.8, 4) is 0 Å². The predicted octanol–water partition coefficient (Wildman–Crippen LogP) is 1.02. The molecule has 3 aliphatic rings. The number of halogens is 1. The van der Waals surface area contributed by atoms with Crippen molar-refractivity contribution < 1.29 is 4.74 Å². The second-order valence-electron chi connectivity index (χ2n) is 4.91. The van der Waals surface area contributed by atoms with E-state index in [9.17, 15) is 0 Å². The molecule has 88 valence electrons. The Balaban J connectivity index is 0.000000853. The molecular weight excluding hydrogens is 212 g/mol. The van der Waals surface area contributed by atoms with Crippen LogP contribution in [0.1, 0.15) is 25.7 Å². The van der Waals surface area contributed by atoms with Gasteiger partial charge in [0.25, 0.3) is 0 Å². The predicted molar refractivity (Wildman–Crippen MR) is 62.6 cm³/mol. The minimum Gasteiger partial charge on any atom is -0.379 e. The van der Waals surface area contributed by atoms with E-state index in [1.54, 1.807) is 0 Å². The van der Waals surface area contributed by atoms with E-state index in [-0.39, 0.29) is 12.4 Å². The van der Waals surface area contributed by atoms with Gasteiger partial charge in [-0.05, 0) is 25.7 Å². The molecule has 3 nitrogen and oxygen atoms in total. The first-order chi connectivity index (χ1) is 6.92. The third kappa shape index (κ3) is 2.47. The Bertz CT molecular complexity index is 197. The topological polar surface area (TPSA) is 24.5 Å². The van der Waals surface area contributed by atoms with Gasteiger partial charge >= 0.3 is 0 Å². The minimum atomic E-state index is 0. The maximum absolute atomic E-state index is 5.40. The zero-order valence-corrected chi connectivity index (χ0v) is 9.97. The molecule has 0 aromatic heterocycles. The van der Waals surface area contributed by atoms with Crippen LogP contribution in [-0.4, -0.2) is 49.3 Å². The molecule has 0 radical (unpaired) electrons. The van der Waals surface area contributed by atoms with E-state index in [1.807, 2.05) is 0 Å². The number of morpholine rings is 1. The number of fused-ring (bicyclic) bond motifs is 2. The van der Waals surface area contributed by atoms with Crippen molar-refractivity contribution >= 4 is 12.4 Å². The van der Waals surface area contributed by atoms with Gasteiger partial charge in [0.2, 0.25) is 0 Å². The van der Waals surface area contributed by atoms with Crippen LogP contribution in [0.2, 0.25) is 0 Å². The molecule has 0 saturated carbocycles. The monoisotopic (exact) mass is 232 g/mol. The Morgan fingerprint density at radius 3 is 2.20 bits per heavy atom. The average Bonchev–Trinajstić information content (AvgIpc) is 2.59. The van der Waals surface area contributed by atoms with Gasteiger partial charge < -0.3 is 10.1 Å². The van der Waals surface area contributed by atoms with Crippen LogP contribution in [-0.2, 0) is 4.74 Å². The average molecular weight is 233 g/mol. The van der Waals surface area contributed by atoms with E-state index in [1.165, 1.54) is 25.7 Å². The Morgan fingerprint density at radius 2 is 1.60 bits per heavy atom. The van der Waals surface area contributed by atoms with Crippen molar-refractivity contribution in [2.75, 3.05) is 26.3 Å². The molecule has 3 rings (SSSR count). The van der Waals surface area contributed by atoms with E-state index < -0.39 is 0 Å². The highest BCUT2D eigenvalue weighted by Gasteiger charge is 2.36. The third-order valence-electron chi connectivity index (χ3n) is 4.01. The van der Waals surface area contributed by atoms with Crippen LogP contribution < -0.4 is 5.32 Å². The summed E-state index contributed by atoms with van der Waals surface area (Å²) in [5.41, 5.74) is 0. The number of piperidine rings is 1. The van der Waals surface area contributed by atoms with E-state index in [0.29, 0.717) is 0 Å². The maximum Gasteiger partial charge on any atom is 0.0594 e. The summed E-state index contributed by atoms with van der Waals surface area (Å²) in [6.07, 6.45) is 5.56. The minimum absolute atomic E-state index is 0. The Morgan fingerprint density at radius 1 is 1.00 bits per heavy atom. The molecule has 3 saturated heterocycles. The van der Waals surface area contributed by atoms with Gasteiger partial charge in [0.15, 0.2) is 0 Å². The van der Waals surface area contributed by atoms with E-state index >= 15 is 0 Å². The van der Waals surface area contributed by atoms with Crippen molar-refractivity contribution in [2.45, 2.75) is 43.8 Å². The number of hydrogen-bond donors (Lipinski definition) is 1. The molecule has 15 heavy (non-hydrogen) atoms. The molecule has 2 unspecified atom stereocenters. The molecule has 0 spiro atoms. The van der Waals surface area contributed by atoms with Gasteiger partial charge in [-0.15, -0.1) is 12.4 Å². The highest BCUT2D eigenvalue weighted by atomic mass is 35.5. The molecule has 4 heteroatoms. The lowest BCUT2D eigenvalue weighted by Gasteiger charge is -2.39. The number of hydrogen-bond acceptors (Lipinski definition) is 3.